The Morgan fingerprint density at radius 3 is 2.55 bits per heavy atom. The lowest BCUT2D eigenvalue weighted by molar-refractivity contribution is 0.318. The molecule has 20 heavy (non-hydrogen) atoms. The smallest absolute Gasteiger partial charge is 0.171 e. The molecule has 0 bridgehead atoms. The van der Waals surface area contributed by atoms with Crippen LogP contribution in [0, 0.1) is 0 Å². The largest absolute Gasteiger partial charge is 0.456 e. The molecule has 0 unspecified atom stereocenters. The van der Waals surface area contributed by atoms with Gasteiger partial charge in [0.25, 0.3) is 0 Å². The van der Waals surface area contributed by atoms with Crippen LogP contribution in [0.3, 0.4) is 0 Å². The van der Waals surface area contributed by atoms with Gasteiger partial charge in [-0.25, -0.2) is 0 Å². The molecule has 0 aliphatic rings. The molecule has 4 nitrogen and oxygen atoms in total. The third kappa shape index (κ3) is 3.36. The highest BCUT2D eigenvalue weighted by Crippen LogP contribution is 2.33. The maximum absolute atomic E-state index is 8.63. The molecule has 0 saturated heterocycles. The van der Waals surface area contributed by atoms with Crippen LogP contribution in [0.25, 0.3) is 0 Å². The normalized spacial score (nSPS) is 11.4. The second kappa shape index (κ2) is 6.35. The SMILES string of the molecule is NC(=NO)c1ccc(Oc2ccc(Cl)cc2Br)cc1Cl. The van der Waals surface area contributed by atoms with Gasteiger partial charge >= 0.3 is 0 Å². The van der Waals surface area contributed by atoms with Crippen molar-refractivity contribution in [1.82, 2.24) is 0 Å². The van der Waals surface area contributed by atoms with Crippen LogP contribution in [0.1, 0.15) is 5.56 Å². The van der Waals surface area contributed by atoms with Gasteiger partial charge in [-0.3, -0.25) is 0 Å². The first kappa shape index (κ1) is 15.0. The molecule has 2 aromatic carbocycles. The van der Waals surface area contributed by atoms with E-state index in [-0.39, 0.29) is 5.84 Å². The Labute approximate surface area is 133 Å². The van der Waals surface area contributed by atoms with Crippen molar-refractivity contribution < 1.29 is 9.94 Å². The summed E-state index contributed by atoms with van der Waals surface area (Å²) < 4.78 is 6.40. The molecule has 0 atom stereocenters. The molecule has 0 aromatic heterocycles. The van der Waals surface area contributed by atoms with Gasteiger partial charge in [0.1, 0.15) is 11.5 Å². The molecule has 2 aromatic rings. The Hall–Kier alpha value is -1.43. The summed E-state index contributed by atoms with van der Waals surface area (Å²) in [7, 11) is 0. The van der Waals surface area contributed by atoms with Gasteiger partial charge in [-0.05, 0) is 46.3 Å². The lowest BCUT2D eigenvalue weighted by atomic mass is 10.2. The summed E-state index contributed by atoms with van der Waals surface area (Å²) in [6.07, 6.45) is 0. The number of hydrogen-bond donors (Lipinski definition) is 2. The minimum Gasteiger partial charge on any atom is -0.456 e. The van der Waals surface area contributed by atoms with E-state index < -0.39 is 0 Å². The van der Waals surface area contributed by atoms with Crippen LogP contribution < -0.4 is 10.5 Å². The Morgan fingerprint density at radius 2 is 1.95 bits per heavy atom. The van der Waals surface area contributed by atoms with Gasteiger partial charge in [0.15, 0.2) is 5.84 Å². The standard InChI is InChI=1S/C13H9BrCl2N2O2/c14-10-5-7(15)1-4-12(10)20-8-2-3-9(11(16)6-8)13(17)18-19/h1-6,19H,(H2,17,18). The highest BCUT2D eigenvalue weighted by Gasteiger charge is 2.09. The molecular formula is C13H9BrCl2N2O2. The van der Waals surface area contributed by atoms with Crippen molar-refractivity contribution in [3.63, 3.8) is 0 Å². The van der Waals surface area contributed by atoms with Gasteiger partial charge in [0.2, 0.25) is 0 Å². The average molecular weight is 376 g/mol. The highest BCUT2D eigenvalue weighted by molar-refractivity contribution is 9.10. The second-order valence-corrected chi connectivity index (χ2v) is 5.50. The van der Waals surface area contributed by atoms with E-state index in [1.54, 1.807) is 36.4 Å². The summed E-state index contributed by atoms with van der Waals surface area (Å²) in [4.78, 5) is 0. The fourth-order valence-electron chi connectivity index (χ4n) is 1.51. The number of oxime groups is 1. The zero-order valence-electron chi connectivity index (χ0n) is 9.98. The first-order valence-corrected chi connectivity index (χ1v) is 6.96. The van der Waals surface area contributed by atoms with Crippen molar-refractivity contribution >= 4 is 45.0 Å². The van der Waals surface area contributed by atoms with Gasteiger partial charge in [0.05, 0.1) is 9.50 Å². The molecule has 0 radical (unpaired) electrons. The fraction of sp³-hybridized carbons (Fsp3) is 0. The lowest BCUT2D eigenvalue weighted by Gasteiger charge is -2.10. The van der Waals surface area contributed by atoms with E-state index in [0.717, 1.165) is 4.47 Å². The second-order valence-electron chi connectivity index (χ2n) is 3.80. The molecule has 0 aliphatic carbocycles. The average Bonchev–Trinajstić information content (AvgIpc) is 2.41. The predicted molar refractivity (Wildman–Crippen MR) is 83.2 cm³/mol. The number of amidine groups is 1. The van der Waals surface area contributed by atoms with Gasteiger partial charge < -0.3 is 15.7 Å². The maximum atomic E-state index is 8.63. The van der Waals surface area contributed by atoms with Crippen molar-refractivity contribution in [2.45, 2.75) is 0 Å². The Balaban J connectivity index is 2.29. The van der Waals surface area contributed by atoms with Gasteiger partial charge in [-0.2, -0.15) is 0 Å². The van der Waals surface area contributed by atoms with Crippen LogP contribution in [-0.4, -0.2) is 11.0 Å². The third-order valence-corrected chi connectivity index (χ3v) is 3.61. The lowest BCUT2D eigenvalue weighted by Crippen LogP contribution is -2.13. The van der Waals surface area contributed by atoms with Crippen LogP contribution in [-0.2, 0) is 0 Å². The monoisotopic (exact) mass is 374 g/mol. The molecule has 104 valence electrons. The van der Waals surface area contributed by atoms with Gasteiger partial charge in [-0.15, -0.1) is 0 Å². The zero-order valence-corrected chi connectivity index (χ0v) is 13.1. The molecule has 0 amide bonds. The number of benzene rings is 2. The highest BCUT2D eigenvalue weighted by atomic mass is 79.9. The van der Waals surface area contributed by atoms with E-state index in [1.807, 2.05) is 0 Å². The Bertz CT molecular complexity index is 677. The van der Waals surface area contributed by atoms with Crippen LogP contribution in [0.15, 0.2) is 46.0 Å². The predicted octanol–water partition coefficient (Wildman–Crippen LogP) is 4.64. The van der Waals surface area contributed by atoms with Crippen molar-refractivity contribution in [2.24, 2.45) is 10.9 Å². The van der Waals surface area contributed by atoms with Gasteiger partial charge in [-0.1, -0.05) is 28.4 Å². The van der Waals surface area contributed by atoms with E-state index in [4.69, 9.17) is 38.9 Å². The van der Waals surface area contributed by atoms with E-state index in [0.29, 0.717) is 27.1 Å². The molecule has 0 spiro atoms. The summed E-state index contributed by atoms with van der Waals surface area (Å²) in [5.74, 6) is 1.06. The van der Waals surface area contributed by atoms with Crippen molar-refractivity contribution in [1.29, 1.82) is 0 Å². The van der Waals surface area contributed by atoms with E-state index in [9.17, 15) is 0 Å². The summed E-state index contributed by atoms with van der Waals surface area (Å²) >= 11 is 15.3. The van der Waals surface area contributed by atoms with Crippen molar-refractivity contribution in [3.05, 3.63) is 56.5 Å². The molecule has 7 heteroatoms. The summed E-state index contributed by atoms with van der Waals surface area (Å²) in [6, 6.07) is 10.0. The number of nitrogens with zero attached hydrogens (tertiary/aromatic N) is 1. The quantitative estimate of drug-likeness (QED) is 0.355. The molecule has 0 heterocycles. The first-order valence-electron chi connectivity index (χ1n) is 5.41. The Kier molecular flexibility index (Phi) is 4.75. The van der Waals surface area contributed by atoms with E-state index in [1.165, 1.54) is 0 Å². The van der Waals surface area contributed by atoms with Crippen LogP contribution in [0.4, 0.5) is 0 Å². The molecule has 3 N–H and O–H groups in total. The maximum Gasteiger partial charge on any atom is 0.171 e. The number of rotatable bonds is 3. The minimum absolute atomic E-state index is 0.0609. The molecule has 2 rings (SSSR count). The fourth-order valence-corrected chi connectivity index (χ4v) is 2.54. The number of halogens is 3. The number of hydrogen-bond acceptors (Lipinski definition) is 3. The Morgan fingerprint density at radius 1 is 1.20 bits per heavy atom. The van der Waals surface area contributed by atoms with E-state index >= 15 is 0 Å². The van der Waals surface area contributed by atoms with Crippen LogP contribution in [0.2, 0.25) is 10.0 Å². The number of nitrogens with two attached hydrogens (primary N) is 1. The minimum atomic E-state index is -0.0609. The molecule has 0 aliphatic heterocycles. The zero-order chi connectivity index (χ0) is 14.7. The number of ether oxygens (including phenoxy) is 1. The van der Waals surface area contributed by atoms with E-state index in [2.05, 4.69) is 21.1 Å². The summed E-state index contributed by atoms with van der Waals surface area (Å²) in [5, 5.41) is 12.5. The third-order valence-electron chi connectivity index (χ3n) is 2.45. The summed E-state index contributed by atoms with van der Waals surface area (Å²) in [5.41, 5.74) is 5.92. The molecule has 0 saturated carbocycles. The molecule has 0 fully saturated rings. The van der Waals surface area contributed by atoms with Crippen molar-refractivity contribution in [3.8, 4) is 11.5 Å². The summed E-state index contributed by atoms with van der Waals surface area (Å²) in [6.45, 7) is 0. The van der Waals surface area contributed by atoms with Crippen molar-refractivity contribution in [2.75, 3.05) is 0 Å². The van der Waals surface area contributed by atoms with Crippen LogP contribution in [0.5, 0.6) is 11.5 Å². The van der Waals surface area contributed by atoms with Crippen LogP contribution >= 0.6 is 39.1 Å². The van der Waals surface area contributed by atoms with Gasteiger partial charge in [0, 0.05) is 16.7 Å². The molecular weight excluding hydrogens is 367 g/mol. The first-order chi connectivity index (χ1) is 9.51. The topological polar surface area (TPSA) is 67.8 Å².